The molecular weight excluding hydrogens is 1080 g/mol. The van der Waals surface area contributed by atoms with Crippen molar-refractivity contribution in [2.45, 2.75) is 20.3 Å². The summed E-state index contributed by atoms with van der Waals surface area (Å²) in [6, 6.07) is 11.1. The monoisotopic (exact) mass is 1110 g/mol. The van der Waals surface area contributed by atoms with E-state index >= 15 is 0 Å². The van der Waals surface area contributed by atoms with Crippen molar-refractivity contribution >= 4 is 11.5 Å². The Morgan fingerprint density at radius 1 is 1.04 bits per heavy atom. The van der Waals surface area contributed by atoms with Crippen molar-refractivity contribution in [3.8, 4) is 0 Å². The van der Waals surface area contributed by atoms with Crippen LogP contribution in [0.1, 0.15) is 30.2 Å². The number of pyridine rings is 1. The van der Waals surface area contributed by atoms with E-state index in [9.17, 15) is 0 Å². The number of nitrogens with zero attached hydrogens (tertiary/aromatic N) is 1. The number of hydrogen-bond donors (Lipinski definition) is 0. The summed E-state index contributed by atoms with van der Waals surface area (Å²) in [4.78, 5) is 3.91. The largest absolute Gasteiger partial charge is 2.00 e. The number of methoxy groups -OCH3 is 1. The third kappa shape index (κ3) is 21.7. The number of benzene rings is 1. The van der Waals surface area contributed by atoms with Crippen LogP contribution in [0.3, 0.4) is 0 Å². The van der Waals surface area contributed by atoms with E-state index in [1.807, 2.05) is 31.2 Å². The maximum Gasteiger partial charge on any atom is 2.00 e. The average Bonchev–Trinajstić information content (AvgIpc) is 2.39. The maximum absolute atomic E-state index is 7.29. The van der Waals surface area contributed by atoms with Crippen LogP contribution in [0.25, 0.3) is 11.5 Å². The number of ether oxygens (including phenoxy) is 1. The van der Waals surface area contributed by atoms with Gasteiger partial charge in [0, 0.05) is 66.5 Å². The molecule has 0 fully saturated rings. The second kappa shape index (κ2) is 28.0. The summed E-state index contributed by atoms with van der Waals surface area (Å²) in [5.41, 5.74) is 18.0. The number of aromatic nitrogens is 1. The molecule has 1 heterocycles. The molecule has 157 valence electrons. The number of aryl methyl sites for hydroxylation is 1. The smallest absolute Gasteiger partial charge is 0.709 e. The van der Waals surface area contributed by atoms with Crippen molar-refractivity contribution in [2.75, 3.05) is 7.11 Å². The molecule has 1 aromatic heterocycles. The molecule has 28 heavy (non-hydrogen) atoms. The van der Waals surface area contributed by atoms with E-state index in [1.54, 1.807) is 19.2 Å². The van der Waals surface area contributed by atoms with Gasteiger partial charge in [0.2, 0.25) is 0 Å². The maximum atomic E-state index is 7.29. The summed E-state index contributed by atoms with van der Waals surface area (Å²) in [6.07, 6.45) is 3.14. The Kier molecular flexibility index (Phi) is 46.9. The first-order valence-electron chi connectivity index (χ1n) is 6.76. The topological polar surface area (TPSA) is 69.7 Å². The molecule has 0 saturated heterocycles. The molecule has 0 unspecified atom stereocenters. The molecule has 3 radical (unpaired) electrons. The average molecular weight is 1100 g/mol. The molecule has 2 rings (SSSR count). The van der Waals surface area contributed by atoms with Gasteiger partial charge in [-0.1, -0.05) is 32.2 Å². The van der Waals surface area contributed by atoms with Crippen LogP contribution in [0.2, 0.25) is 0 Å². The zero-order valence-electron chi connectivity index (χ0n) is 16.7. The third-order valence-electron chi connectivity index (χ3n) is 2.55. The normalized spacial score (nSPS) is 7.11. The Morgan fingerprint density at radius 3 is 2.04 bits per heavy atom. The van der Waals surface area contributed by atoms with Crippen molar-refractivity contribution in [2.24, 2.45) is 0 Å². The molecule has 2 N–H and O–H groups in total. The fourth-order valence-electron chi connectivity index (χ4n) is 1.78. The van der Waals surface area contributed by atoms with Gasteiger partial charge in [0.25, 0.3) is 0 Å². The molecule has 1 aromatic carbocycles. The number of hydrogen-bond acceptors (Lipinski definition) is 2. The van der Waals surface area contributed by atoms with Crippen LogP contribution in [0.15, 0.2) is 36.4 Å². The van der Waals surface area contributed by atoms with E-state index in [-0.39, 0.29) is 122 Å². The summed E-state index contributed by atoms with van der Waals surface area (Å²) in [6.45, 7) is 5.54. The second-order valence-electron chi connectivity index (χ2n) is 4.55. The van der Waals surface area contributed by atoms with Gasteiger partial charge in [0.05, 0.1) is 0 Å². The Labute approximate surface area is 240 Å². The van der Waals surface area contributed by atoms with Crippen molar-refractivity contribution in [3.63, 3.8) is 0 Å². The van der Waals surface area contributed by atoms with E-state index in [4.69, 9.17) is 16.2 Å². The predicted octanol–water partition coefficient (Wildman–Crippen LogP) is 6.45. The van der Waals surface area contributed by atoms with Crippen LogP contribution in [0, 0.1) is 34.8 Å². The van der Waals surface area contributed by atoms with E-state index < -0.39 is 0 Å². The van der Waals surface area contributed by atoms with Gasteiger partial charge < -0.3 is 36.0 Å². The molecule has 0 spiro atoms. The van der Waals surface area contributed by atoms with Crippen LogP contribution in [-0.4, -0.2) is 12.1 Å². The summed E-state index contributed by atoms with van der Waals surface area (Å²) in [5, 5.41) is 0. The Morgan fingerprint density at radius 2 is 1.61 bits per heavy atom. The van der Waals surface area contributed by atoms with Crippen LogP contribution < -0.4 is 0 Å². The van der Waals surface area contributed by atoms with Crippen molar-refractivity contribution < 1.29 is 106 Å². The molecule has 0 amide bonds. The molecule has 0 saturated carbocycles. The van der Waals surface area contributed by atoms with Gasteiger partial charge in [-0.2, -0.15) is 29.8 Å². The van der Waals surface area contributed by atoms with Gasteiger partial charge in [-0.3, -0.25) is 0 Å². The van der Waals surface area contributed by atoms with Gasteiger partial charge in [-0.25, -0.2) is 11.8 Å². The Balaban J connectivity index is -0.0000000505. The minimum absolute atomic E-state index is 0. The van der Waals surface area contributed by atoms with Gasteiger partial charge in [0.15, 0.2) is 0 Å². The summed E-state index contributed by atoms with van der Waals surface area (Å²) in [5.74, 6) is 0.272. The molecule has 0 atom stereocenters. The molecule has 0 aliphatic rings. The van der Waals surface area contributed by atoms with E-state index in [1.165, 1.54) is 6.61 Å². The van der Waals surface area contributed by atoms with Gasteiger partial charge in [-0.15, -0.1) is 24.3 Å². The molecule has 0 aliphatic heterocycles. The SMILES string of the molecule is CC[CH-]c1cccc([NH-])c1.CO[CH-]c1cc(C)cc([NH-])n1.[CH3-].[CH3-].[Re].[Re].[V].[W+2].[W+2]. The zero-order chi connectivity index (χ0) is 15.7. The van der Waals surface area contributed by atoms with Crippen molar-refractivity contribution in [1.29, 1.82) is 0 Å². The first-order valence-corrected chi connectivity index (χ1v) is 6.76. The first-order chi connectivity index (χ1) is 10.0. The minimum Gasteiger partial charge on any atom is -0.709 e. The fourth-order valence-corrected chi connectivity index (χ4v) is 1.78. The van der Waals surface area contributed by atoms with Crippen LogP contribution in [0.4, 0.5) is 11.5 Å². The summed E-state index contributed by atoms with van der Waals surface area (Å²) >= 11 is 0. The summed E-state index contributed by atoms with van der Waals surface area (Å²) < 4.78 is 4.77. The summed E-state index contributed by atoms with van der Waals surface area (Å²) in [7, 11) is 1.56. The third-order valence-corrected chi connectivity index (χ3v) is 2.55. The standard InChI is InChI=1S/C9H11N.C8H10N2O.2CH3.2Re.V.2W/c1-2-4-8-5-3-6-9(10)7-8;1-6-3-7(5-11-2)10-8(9)4-6;;;;;;;/h3-7,10H,2H2,1H3;3-5H,1-2H3,(H-,9,10);2*1H3;;;;;/q2*-2;2*-1;;;;2*+2. The second-order valence-corrected chi connectivity index (χ2v) is 4.55. The Bertz CT molecular complexity index is 562. The molecule has 0 bridgehead atoms. The first kappa shape index (κ1) is 46.9. The molecular formula is C19H27N3ORe2VW2-2. The molecule has 4 nitrogen and oxygen atoms in total. The van der Waals surface area contributed by atoms with Crippen molar-refractivity contribution in [3.05, 3.63) is 92.6 Å². The number of rotatable bonds is 4. The van der Waals surface area contributed by atoms with Gasteiger partial charge in [-0.05, 0) is 0 Å². The zero-order valence-corrected chi connectivity index (χ0v) is 29.4. The van der Waals surface area contributed by atoms with Crippen LogP contribution in [0.5, 0.6) is 0 Å². The van der Waals surface area contributed by atoms with Crippen LogP contribution in [-0.2, 0) is 106 Å². The fraction of sp³-hybridized carbons (Fsp3) is 0.211. The minimum atomic E-state index is 0. The Hall–Kier alpha value is 0.956. The van der Waals surface area contributed by atoms with E-state index in [0.29, 0.717) is 11.4 Å². The molecule has 0 aliphatic carbocycles. The molecule has 9 heteroatoms. The van der Waals surface area contributed by atoms with Gasteiger partial charge >= 0.3 is 42.1 Å². The van der Waals surface area contributed by atoms with Crippen molar-refractivity contribution in [1.82, 2.24) is 4.98 Å². The number of nitrogens with one attached hydrogen (secondary N) is 2. The van der Waals surface area contributed by atoms with Gasteiger partial charge in [0.1, 0.15) is 0 Å². The van der Waals surface area contributed by atoms with E-state index in [2.05, 4.69) is 18.3 Å². The predicted molar refractivity (Wildman–Crippen MR) is 100 cm³/mol. The molecule has 2 aromatic rings. The van der Waals surface area contributed by atoms with E-state index in [0.717, 1.165) is 17.5 Å². The quantitative estimate of drug-likeness (QED) is 0.331. The van der Waals surface area contributed by atoms with Crippen LogP contribution >= 0.6 is 0 Å².